The van der Waals surface area contributed by atoms with E-state index < -0.39 is 0 Å². The molecule has 0 aliphatic carbocycles. The maximum Gasteiger partial charge on any atom is 0.214 e. The van der Waals surface area contributed by atoms with E-state index in [1.165, 1.54) is 0 Å². The van der Waals surface area contributed by atoms with E-state index in [9.17, 15) is 0 Å². The molecule has 0 amide bonds. The fourth-order valence-corrected chi connectivity index (χ4v) is 5.29. The minimum atomic E-state index is 0.675. The summed E-state index contributed by atoms with van der Waals surface area (Å²) in [6.07, 6.45) is 0. The Balaban J connectivity index is 1.57. The average Bonchev–Trinajstić information content (AvgIpc) is 3.66. The van der Waals surface area contributed by atoms with Crippen molar-refractivity contribution in [1.82, 2.24) is 19.5 Å². The Morgan fingerprint density at radius 1 is 0.463 bits per heavy atom. The fourth-order valence-electron chi connectivity index (χ4n) is 5.16. The van der Waals surface area contributed by atoms with E-state index in [0.717, 1.165) is 56.4 Å². The molecule has 0 saturated carbocycles. The van der Waals surface area contributed by atoms with Crippen LogP contribution >= 0.6 is 11.6 Å². The molecule has 0 unspecified atom stereocenters. The standard InChI is InChI=1S/C36H25ClN4/c37-30-23-21-29(22-24-30)35-38-33(27-17-9-3-10-18-27)34(28-19-11-4-12-20-28)41(35)36-39-31(25-13-5-1-6-14-25)32(40-36)26-15-7-2-8-16-26/h1-24H,(H,39,40). The van der Waals surface area contributed by atoms with Gasteiger partial charge in [-0.2, -0.15) is 0 Å². The molecule has 5 heteroatoms. The Morgan fingerprint density at radius 2 is 0.951 bits per heavy atom. The van der Waals surface area contributed by atoms with Gasteiger partial charge in [0.1, 0.15) is 5.82 Å². The number of imidazole rings is 2. The molecule has 0 fully saturated rings. The average molecular weight is 549 g/mol. The van der Waals surface area contributed by atoms with Crippen LogP contribution in [-0.4, -0.2) is 19.5 Å². The topological polar surface area (TPSA) is 46.5 Å². The number of nitrogens with zero attached hydrogens (tertiary/aromatic N) is 3. The number of rotatable bonds is 6. The zero-order valence-electron chi connectivity index (χ0n) is 22.1. The molecular formula is C36H25ClN4. The van der Waals surface area contributed by atoms with Gasteiger partial charge in [-0.3, -0.25) is 4.57 Å². The first-order valence-corrected chi connectivity index (χ1v) is 13.8. The first-order chi connectivity index (χ1) is 20.3. The molecule has 0 aliphatic rings. The molecule has 0 spiro atoms. The lowest BCUT2D eigenvalue weighted by Crippen LogP contribution is -2.02. The molecule has 2 aromatic heterocycles. The van der Waals surface area contributed by atoms with E-state index in [1.807, 2.05) is 84.9 Å². The summed E-state index contributed by atoms with van der Waals surface area (Å²) in [6.45, 7) is 0. The highest BCUT2D eigenvalue weighted by molar-refractivity contribution is 6.30. The second kappa shape index (κ2) is 10.8. The summed E-state index contributed by atoms with van der Waals surface area (Å²) in [7, 11) is 0. The molecular weight excluding hydrogens is 524 g/mol. The number of H-pyrrole nitrogens is 1. The molecule has 0 radical (unpaired) electrons. The van der Waals surface area contributed by atoms with Gasteiger partial charge in [-0.15, -0.1) is 0 Å². The third-order valence-corrected chi connectivity index (χ3v) is 7.34. The largest absolute Gasteiger partial charge is 0.323 e. The number of aromatic amines is 1. The summed E-state index contributed by atoms with van der Waals surface area (Å²) in [5.74, 6) is 1.45. The highest BCUT2D eigenvalue weighted by atomic mass is 35.5. The van der Waals surface area contributed by atoms with Crippen molar-refractivity contribution in [2.45, 2.75) is 0 Å². The van der Waals surface area contributed by atoms with Gasteiger partial charge in [0.15, 0.2) is 0 Å². The molecule has 7 aromatic rings. The predicted molar refractivity (Wildman–Crippen MR) is 168 cm³/mol. The van der Waals surface area contributed by atoms with Gasteiger partial charge in [0, 0.05) is 32.8 Å². The van der Waals surface area contributed by atoms with Gasteiger partial charge in [0.25, 0.3) is 0 Å². The highest BCUT2D eigenvalue weighted by Crippen LogP contribution is 2.40. The van der Waals surface area contributed by atoms with Crippen LogP contribution in [0.2, 0.25) is 5.02 Å². The van der Waals surface area contributed by atoms with Gasteiger partial charge in [0.05, 0.1) is 22.8 Å². The second-order valence-electron chi connectivity index (χ2n) is 9.72. The zero-order valence-corrected chi connectivity index (χ0v) is 22.8. The van der Waals surface area contributed by atoms with Crippen molar-refractivity contribution in [3.63, 3.8) is 0 Å². The van der Waals surface area contributed by atoms with Crippen molar-refractivity contribution in [2.24, 2.45) is 0 Å². The van der Waals surface area contributed by atoms with E-state index in [1.54, 1.807) is 0 Å². The number of benzene rings is 5. The minimum Gasteiger partial charge on any atom is -0.323 e. The Bertz CT molecular complexity index is 1850. The lowest BCUT2D eigenvalue weighted by atomic mass is 10.0. The molecule has 0 bridgehead atoms. The van der Waals surface area contributed by atoms with Gasteiger partial charge in [0.2, 0.25) is 5.95 Å². The van der Waals surface area contributed by atoms with Crippen molar-refractivity contribution in [3.05, 3.63) is 151 Å². The van der Waals surface area contributed by atoms with E-state index >= 15 is 0 Å². The molecule has 5 aromatic carbocycles. The minimum absolute atomic E-state index is 0.675. The van der Waals surface area contributed by atoms with E-state index in [0.29, 0.717) is 11.0 Å². The third kappa shape index (κ3) is 4.75. The van der Waals surface area contributed by atoms with Crippen LogP contribution in [0, 0.1) is 0 Å². The van der Waals surface area contributed by atoms with Crippen LogP contribution in [0.5, 0.6) is 0 Å². The molecule has 0 aliphatic heterocycles. The summed E-state index contributed by atoms with van der Waals surface area (Å²) in [5.41, 5.74) is 8.75. The number of hydrogen-bond acceptors (Lipinski definition) is 2. The lowest BCUT2D eigenvalue weighted by Gasteiger charge is -2.11. The van der Waals surface area contributed by atoms with E-state index in [4.69, 9.17) is 21.6 Å². The smallest absolute Gasteiger partial charge is 0.214 e. The van der Waals surface area contributed by atoms with Crippen LogP contribution in [0.15, 0.2) is 146 Å². The number of hydrogen-bond donors (Lipinski definition) is 1. The normalized spacial score (nSPS) is 11.0. The SMILES string of the molecule is Clc1ccc(-c2nc(-c3ccccc3)c(-c3ccccc3)n2-c2nc(-c3ccccc3)c(-c3ccccc3)[nH]2)cc1. The molecule has 4 nitrogen and oxygen atoms in total. The van der Waals surface area contributed by atoms with Gasteiger partial charge in [-0.1, -0.05) is 133 Å². The summed E-state index contributed by atoms with van der Waals surface area (Å²) in [6, 6.07) is 49.1. The van der Waals surface area contributed by atoms with Crippen molar-refractivity contribution < 1.29 is 0 Å². The molecule has 196 valence electrons. The summed E-state index contributed by atoms with van der Waals surface area (Å²) < 4.78 is 2.14. The summed E-state index contributed by atoms with van der Waals surface area (Å²) in [4.78, 5) is 14.2. The van der Waals surface area contributed by atoms with Crippen molar-refractivity contribution in [2.75, 3.05) is 0 Å². The Hall–Kier alpha value is -5.19. The first kappa shape index (κ1) is 24.8. The molecule has 1 N–H and O–H groups in total. The van der Waals surface area contributed by atoms with Gasteiger partial charge >= 0.3 is 0 Å². The Kier molecular flexibility index (Phi) is 6.51. The monoisotopic (exact) mass is 548 g/mol. The predicted octanol–water partition coefficient (Wildman–Crippen LogP) is 9.58. The van der Waals surface area contributed by atoms with Crippen LogP contribution in [0.25, 0.3) is 62.4 Å². The quantitative estimate of drug-likeness (QED) is 0.225. The number of nitrogens with one attached hydrogen (secondary N) is 1. The summed E-state index contributed by atoms with van der Waals surface area (Å²) >= 11 is 6.30. The zero-order chi connectivity index (χ0) is 27.6. The fraction of sp³-hybridized carbons (Fsp3) is 0. The molecule has 41 heavy (non-hydrogen) atoms. The van der Waals surface area contributed by atoms with Crippen LogP contribution in [0.4, 0.5) is 0 Å². The van der Waals surface area contributed by atoms with Crippen molar-refractivity contribution in [1.29, 1.82) is 0 Å². The Labute approximate surface area is 243 Å². The van der Waals surface area contributed by atoms with Gasteiger partial charge in [-0.05, 0) is 24.3 Å². The molecule has 0 saturated heterocycles. The number of aromatic nitrogens is 4. The van der Waals surface area contributed by atoms with Gasteiger partial charge in [-0.25, -0.2) is 9.97 Å². The van der Waals surface area contributed by atoms with Gasteiger partial charge < -0.3 is 4.98 Å². The van der Waals surface area contributed by atoms with E-state index in [2.05, 4.69) is 70.2 Å². The van der Waals surface area contributed by atoms with E-state index in [-0.39, 0.29) is 0 Å². The first-order valence-electron chi connectivity index (χ1n) is 13.5. The van der Waals surface area contributed by atoms with Crippen LogP contribution in [0.1, 0.15) is 0 Å². The highest BCUT2D eigenvalue weighted by Gasteiger charge is 2.25. The van der Waals surface area contributed by atoms with Crippen LogP contribution < -0.4 is 0 Å². The summed E-state index contributed by atoms with van der Waals surface area (Å²) in [5, 5.41) is 0.675. The van der Waals surface area contributed by atoms with Crippen LogP contribution in [0.3, 0.4) is 0 Å². The Morgan fingerprint density at radius 3 is 1.51 bits per heavy atom. The molecule has 2 heterocycles. The maximum absolute atomic E-state index is 6.30. The molecule has 0 atom stereocenters. The van der Waals surface area contributed by atoms with Crippen molar-refractivity contribution in [3.8, 4) is 62.4 Å². The number of halogens is 1. The van der Waals surface area contributed by atoms with Crippen molar-refractivity contribution >= 4 is 11.6 Å². The second-order valence-corrected chi connectivity index (χ2v) is 10.2. The third-order valence-electron chi connectivity index (χ3n) is 7.09. The lowest BCUT2D eigenvalue weighted by molar-refractivity contribution is 0.977. The molecule has 7 rings (SSSR count). The van der Waals surface area contributed by atoms with Crippen LogP contribution in [-0.2, 0) is 0 Å². The maximum atomic E-state index is 6.30.